The zero-order chi connectivity index (χ0) is 12.0. The predicted octanol–water partition coefficient (Wildman–Crippen LogP) is 1.93. The van der Waals surface area contributed by atoms with E-state index in [0.29, 0.717) is 0 Å². The van der Waals surface area contributed by atoms with Gasteiger partial charge in [-0.05, 0) is 44.6 Å². The summed E-state index contributed by atoms with van der Waals surface area (Å²) in [5, 5.41) is 6.26. The molecule has 0 aliphatic heterocycles. The predicted molar refractivity (Wildman–Crippen MR) is 67.3 cm³/mol. The third kappa shape index (κ3) is 4.52. The van der Waals surface area contributed by atoms with E-state index in [1.807, 2.05) is 6.92 Å². The van der Waals surface area contributed by atoms with E-state index in [-0.39, 0.29) is 11.9 Å². The fourth-order valence-corrected chi connectivity index (χ4v) is 2.35. The Labute approximate surface area is 99.4 Å². The third-order valence-corrected chi connectivity index (χ3v) is 3.46. The minimum absolute atomic E-state index is 0.0533. The zero-order valence-electron chi connectivity index (χ0n) is 10.9. The van der Waals surface area contributed by atoms with Crippen LogP contribution < -0.4 is 10.6 Å². The monoisotopic (exact) mass is 226 g/mol. The molecule has 1 saturated carbocycles. The van der Waals surface area contributed by atoms with E-state index >= 15 is 0 Å². The molecule has 0 aromatic rings. The molecule has 2 N–H and O–H groups in total. The van der Waals surface area contributed by atoms with E-state index in [1.165, 1.54) is 19.3 Å². The molecule has 3 atom stereocenters. The SMILES string of the molecule is CCCNC(=O)C(C)NCC1CCC(C)C1. The van der Waals surface area contributed by atoms with Crippen LogP contribution in [0.1, 0.15) is 46.5 Å². The summed E-state index contributed by atoms with van der Waals surface area (Å²) in [5.74, 6) is 1.78. The minimum Gasteiger partial charge on any atom is -0.355 e. The molecule has 1 amide bonds. The summed E-state index contributed by atoms with van der Waals surface area (Å²) < 4.78 is 0. The third-order valence-electron chi connectivity index (χ3n) is 3.46. The summed E-state index contributed by atoms with van der Waals surface area (Å²) in [6.45, 7) is 8.11. The molecular weight excluding hydrogens is 200 g/mol. The molecule has 0 aromatic heterocycles. The van der Waals surface area contributed by atoms with Crippen LogP contribution in [0.25, 0.3) is 0 Å². The zero-order valence-corrected chi connectivity index (χ0v) is 10.9. The number of carbonyl (C=O) groups is 1. The highest BCUT2D eigenvalue weighted by Crippen LogP contribution is 2.29. The van der Waals surface area contributed by atoms with Gasteiger partial charge in [0.15, 0.2) is 0 Å². The molecule has 1 rings (SSSR count). The summed E-state index contributed by atoms with van der Waals surface area (Å²) >= 11 is 0. The Morgan fingerprint density at radius 2 is 2.19 bits per heavy atom. The van der Waals surface area contributed by atoms with E-state index in [9.17, 15) is 4.79 Å². The van der Waals surface area contributed by atoms with E-state index in [4.69, 9.17) is 0 Å². The Morgan fingerprint density at radius 3 is 2.75 bits per heavy atom. The Morgan fingerprint density at radius 1 is 1.44 bits per heavy atom. The first-order valence-electron chi connectivity index (χ1n) is 6.64. The van der Waals surface area contributed by atoms with E-state index in [2.05, 4.69) is 24.5 Å². The van der Waals surface area contributed by atoms with Gasteiger partial charge in [-0.15, -0.1) is 0 Å². The molecule has 0 radical (unpaired) electrons. The molecule has 1 aliphatic rings. The standard InChI is InChI=1S/C13H26N2O/c1-4-7-14-13(16)11(3)15-9-12-6-5-10(2)8-12/h10-12,15H,4-9H2,1-3H3,(H,14,16). The van der Waals surface area contributed by atoms with Gasteiger partial charge in [0, 0.05) is 6.54 Å². The molecule has 0 saturated heterocycles. The second-order valence-electron chi connectivity index (χ2n) is 5.21. The van der Waals surface area contributed by atoms with Gasteiger partial charge >= 0.3 is 0 Å². The topological polar surface area (TPSA) is 41.1 Å². The normalized spacial score (nSPS) is 26.7. The van der Waals surface area contributed by atoms with E-state index < -0.39 is 0 Å². The van der Waals surface area contributed by atoms with Crippen molar-refractivity contribution < 1.29 is 4.79 Å². The maximum atomic E-state index is 11.6. The van der Waals surface area contributed by atoms with Gasteiger partial charge in [-0.25, -0.2) is 0 Å². The van der Waals surface area contributed by atoms with Crippen LogP contribution in [0.4, 0.5) is 0 Å². The second kappa shape index (κ2) is 6.89. The minimum atomic E-state index is -0.0533. The molecule has 0 spiro atoms. The van der Waals surface area contributed by atoms with Crippen molar-refractivity contribution in [3.8, 4) is 0 Å². The van der Waals surface area contributed by atoms with Crippen molar-refractivity contribution in [1.29, 1.82) is 0 Å². The lowest BCUT2D eigenvalue weighted by Gasteiger charge is -2.16. The molecule has 0 bridgehead atoms. The van der Waals surface area contributed by atoms with Gasteiger partial charge < -0.3 is 10.6 Å². The van der Waals surface area contributed by atoms with Crippen LogP contribution in [0.5, 0.6) is 0 Å². The number of carbonyl (C=O) groups excluding carboxylic acids is 1. The van der Waals surface area contributed by atoms with Crippen molar-refractivity contribution in [3.05, 3.63) is 0 Å². The largest absolute Gasteiger partial charge is 0.355 e. The summed E-state index contributed by atoms with van der Waals surface area (Å²) in [6, 6.07) is -0.0533. The molecule has 0 heterocycles. The van der Waals surface area contributed by atoms with Crippen LogP contribution in [0.2, 0.25) is 0 Å². The van der Waals surface area contributed by atoms with Crippen LogP contribution in [0.15, 0.2) is 0 Å². The lowest BCUT2D eigenvalue weighted by molar-refractivity contribution is -0.122. The summed E-state index contributed by atoms with van der Waals surface area (Å²) in [7, 11) is 0. The highest BCUT2D eigenvalue weighted by atomic mass is 16.2. The molecule has 3 unspecified atom stereocenters. The Hall–Kier alpha value is -0.570. The molecule has 3 nitrogen and oxygen atoms in total. The van der Waals surface area contributed by atoms with Crippen molar-refractivity contribution in [2.45, 2.75) is 52.5 Å². The average Bonchev–Trinajstić information content (AvgIpc) is 2.68. The van der Waals surface area contributed by atoms with Crippen LogP contribution in [0, 0.1) is 11.8 Å². The number of rotatable bonds is 6. The maximum Gasteiger partial charge on any atom is 0.236 e. The van der Waals surface area contributed by atoms with Crippen molar-refractivity contribution in [3.63, 3.8) is 0 Å². The smallest absolute Gasteiger partial charge is 0.236 e. The van der Waals surface area contributed by atoms with Crippen molar-refractivity contribution in [1.82, 2.24) is 10.6 Å². The molecule has 0 aromatic carbocycles. The van der Waals surface area contributed by atoms with Gasteiger partial charge in [0.25, 0.3) is 0 Å². The Bertz CT molecular complexity index is 218. The number of amides is 1. The van der Waals surface area contributed by atoms with Gasteiger partial charge in [-0.1, -0.05) is 20.3 Å². The average molecular weight is 226 g/mol. The first kappa shape index (κ1) is 13.5. The Balaban J connectivity index is 2.14. The van der Waals surface area contributed by atoms with Gasteiger partial charge in [0.1, 0.15) is 0 Å². The Kier molecular flexibility index (Phi) is 5.81. The lowest BCUT2D eigenvalue weighted by atomic mass is 10.1. The van der Waals surface area contributed by atoms with Crippen LogP contribution in [0.3, 0.4) is 0 Å². The highest BCUT2D eigenvalue weighted by Gasteiger charge is 2.22. The fraction of sp³-hybridized carbons (Fsp3) is 0.923. The van der Waals surface area contributed by atoms with Crippen molar-refractivity contribution in [2.75, 3.05) is 13.1 Å². The van der Waals surface area contributed by atoms with Gasteiger partial charge in [-0.3, -0.25) is 4.79 Å². The number of hydrogen-bond donors (Lipinski definition) is 2. The summed E-state index contributed by atoms with van der Waals surface area (Å²) in [5.41, 5.74) is 0. The first-order valence-corrected chi connectivity index (χ1v) is 6.64. The fourth-order valence-electron chi connectivity index (χ4n) is 2.35. The van der Waals surface area contributed by atoms with Gasteiger partial charge in [0.05, 0.1) is 6.04 Å². The van der Waals surface area contributed by atoms with E-state index in [0.717, 1.165) is 31.3 Å². The van der Waals surface area contributed by atoms with Crippen molar-refractivity contribution >= 4 is 5.91 Å². The molecule has 3 heteroatoms. The first-order chi connectivity index (χ1) is 7.63. The van der Waals surface area contributed by atoms with Crippen LogP contribution in [-0.2, 0) is 4.79 Å². The molecule has 94 valence electrons. The molecule has 16 heavy (non-hydrogen) atoms. The summed E-state index contributed by atoms with van der Waals surface area (Å²) in [4.78, 5) is 11.6. The van der Waals surface area contributed by atoms with Crippen molar-refractivity contribution in [2.24, 2.45) is 11.8 Å². The second-order valence-corrected chi connectivity index (χ2v) is 5.21. The van der Waals surface area contributed by atoms with E-state index in [1.54, 1.807) is 0 Å². The molecule has 1 fully saturated rings. The molecular formula is C13H26N2O. The summed E-state index contributed by atoms with van der Waals surface area (Å²) in [6.07, 6.45) is 4.98. The van der Waals surface area contributed by atoms with Crippen LogP contribution in [-0.4, -0.2) is 25.0 Å². The van der Waals surface area contributed by atoms with Gasteiger partial charge in [0.2, 0.25) is 5.91 Å². The van der Waals surface area contributed by atoms with Gasteiger partial charge in [-0.2, -0.15) is 0 Å². The number of nitrogens with one attached hydrogen (secondary N) is 2. The van der Waals surface area contributed by atoms with Crippen LogP contribution >= 0.6 is 0 Å². The highest BCUT2D eigenvalue weighted by molar-refractivity contribution is 5.81. The lowest BCUT2D eigenvalue weighted by Crippen LogP contribution is -2.43. The quantitative estimate of drug-likeness (QED) is 0.726. The number of hydrogen-bond acceptors (Lipinski definition) is 2. The molecule has 1 aliphatic carbocycles. The maximum absolute atomic E-state index is 11.6.